The number of pyridine rings is 2. The van der Waals surface area contributed by atoms with Crippen LogP contribution < -0.4 is 16.4 Å². The first kappa shape index (κ1) is 22.2. The molecule has 0 spiro atoms. The number of fused-ring (bicyclic) bond motifs is 1. The third kappa shape index (κ3) is 4.06. The molecule has 2 aromatic carbocycles. The fourth-order valence-electron chi connectivity index (χ4n) is 4.61. The zero-order valence-corrected chi connectivity index (χ0v) is 19.8. The molecule has 180 valence electrons. The fraction of sp³-hybridized carbons (Fsp3) is 0.179. The molecule has 1 saturated heterocycles. The van der Waals surface area contributed by atoms with E-state index in [1.54, 1.807) is 6.20 Å². The number of morpholine rings is 1. The largest absolute Gasteiger partial charge is 0.383 e. The van der Waals surface area contributed by atoms with Crippen LogP contribution in [0, 0.1) is 0 Å². The van der Waals surface area contributed by atoms with Crippen molar-refractivity contribution in [2.45, 2.75) is 6.54 Å². The van der Waals surface area contributed by atoms with E-state index in [9.17, 15) is 0 Å². The summed E-state index contributed by atoms with van der Waals surface area (Å²) in [5, 5.41) is 0. The molecule has 4 N–H and O–H groups in total. The number of hydrogen-bond acceptors (Lipinski definition) is 7. The van der Waals surface area contributed by atoms with Crippen molar-refractivity contribution in [1.29, 1.82) is 0 Å². The molecule has 8 heteroatoms. The van der Waals surface area contributed by atoms with E-state index in [1.807, 2.05) is 53.1 Å². The van der Waals surface area contributed by atoms with E-state index in [0.29, 0.717) is 18.2 Å². The number of benzene rings is 2. The van der Waals surface area contributed by atoms with Crippen molar-refractivity contribution in [3.63, 3.8) is 0 Å². The summed E-state index contributed by atoms with van der Waals surface area (Å²) in [6, 6.07) is 24.4. The normalized spacial score (nSPS) is 13.9. The molecule has 1 aliphatic rings. The van der Waals surface area contributed by atoms with Gasteiger partial charge in [0.05, 0.1) is 24.5 Å². The Balaban J connectivity index is 1.51. The van der Waals surface area contributed by atoms with Gasteiger partial charge in [0, 0.05) is 42.8 Å². The third-order valence-corrected chi connectivity index (χ3v) is 6.53. The van der Waals surface area contributed by atoms with Crippen molar-refractivity contribution in [3.05, 3.63) is 84.6 Å². The molecule has 0 aliphatic carbocycles. The molecule has 0 saturated carbocycles. The highest BCUT2D eigenvalue weighted by atomic mass is 16.5. The van der Waals surface area contributed by atoms with E-state index >= 15 is 0 Å². The lowest BCUT2D eigenvalue weighted by Gasteiger charge is -2.29. The summed E-state index contributed by atoms with van der Waals surface area (Å²) >= 11 is 0. The summed E-state index contributed by atoms with van der Waals surface area (Å²) in [5.74, 6) is 1.12. The minimum absolute atomic E-state index is 0.422. The fourth-order valence-corrected chi connectivity index (χ4v) is 4.61. The second-order valence-electron chi connectivity index (χ2n) is 8.77. The Hall–Kier alpha value is -4.27. The summed E-state index contributed by atoms with van der Waals surface area (Å²) in [5.41, 5.74) is 19.5. The first-order valence-corrected chi connectivity index (χ1v) is 12.0. The lowest BCUT2D eigenvalue weighted by molar-refractivity contribution is 0.122. The molecule has 5 aromatic rings. The van der Waals surface area contributed by atoms with Crippen molar-refractivity contribution >= 4 is 22.7 Å². The van der Waals surface area contributed by atoms with Crippen molar-refractivity contribution < 1.29 is 4.74 Å². The van der Waals surface area contributed by atoms with Gasteiger partial charge >= 0.3 is 0 Å². The first-order chi connectivity index (χ1) is 17.7. The van der Waals surface area contributed by atoms with Crippen LogP contribution in [0.2, 0.25) is 0 Å². The second-order valence-corrected chi connectivity index (χ2v) is 8.77. The highest BCUT2D eigenvalue weighted by molar-refractivity contribution is 5.84. The Kier molecular flexibility index (Phi) is 5.80. The quantitative estimate of drug-likeness (QED) is 0.393. The van der Waals surface area contributed by atoms with Crippen molar-refractivity contribution in [2.75, 3.05) is 36.9 Å². The molecule has 0 bridgehead atoms. The van der Waals surface area contributed by atoms with Gasteiger partial charge in [-0.05, 0) is 54.1 Å². The van der Waals surface area contributed by atoms with Gasteiger partial charge in [-0.2, -0.15) is 0 Å². The summed E-state index contributed by atoms with van der Waals surface area (Å²) in [4.78, 5) is 16.6. The monoisotopic (exact) mass is 477 g/mol. The van der Waals surface area contributed by atoms with Crippen LogP contribution >= 0.6 is 0 Å². The van der Waals surface area contributed by atoms with Crippen LogP contribution in [0.3, 0.4) is 0 Å². The highest BCUT2D eigenvalue weighted by Crippen LogP contribution is 2.32. The van der Waals surface area contributed by atoms with Crippen LogP contribution in [0.1, 0.15) is 5.56 Å². The topological polar surface area (TPSA) is 108 Å². The minimum atomic E-state index is 0.422. The van der Waals surface area contributed by atoms with Crippen LogP contribution in [0.4, 0.5) is 11.5 Å². The molecule has 0 radical (unpaired) electrons. The maximum absolute atomic E-state index is 6.26. The Morgan fingerprint density at radius 1 is 0.861 bits per heavy atom. The Labute approximate surface area is 209 Å². The molecular formula is C28H27N7O. The van der Waals surface area contributed by atoms with Gasteiger partial charge in [-0.1, -0.05) is 24.3 Å². The molecule has 0 atom stereocenters. The number of ether oxygens (including phenoxy) is 1. The average Bonchev–Trinajstić information content (AvgIpc) is 3.32. The SMILES string of the molecule is NCc1ccc(-n2c(-c3cccnc3N)nc3ccc(-c4cccc(N5CCOCC5)c4)nc32)cc1. The van der Waals surface area contributed by atoms with E-state index in [4.69, 9.17) is 26.2 Å². The molecule has 6 rings (SSSR count). The Morgan fingerprint density at radius 2 is 1.69 bits per heavy atom. The number of nitrogen functional groups attached to an aromatic ring is 1. The molecule has 0 amide bonds. The van der Waals surface area contributed by atoms with Crippen molar-refractivity contribution in [2.24, 2.45) is 5.73 Å². The molecule has 1 fully saturated rings. The predicted octanol–water partition coefficient (Wildman–Crippen LogP) is 4.03. The second kappa shape index (κ2) is 9.41. The molecule has 36 heavy (non-hydrogen) atoms. The number of anilines is 2. The van der Waals surface area contributed by atoms with Crippen LogP contribution in [-0.2, 0) is 11.3 Å². The van der Waals surface area contributed by atoms with Gasteiger partial charge in [0.15, 0.2) is 11.5 Å². The zero-order chi connectivity index (χ0) is 24.5. The van der Waals surface area contributed by atoms with Crippen LogP contribution in [0.15, 0.2) is 79.0 Å². The number of nitrogens with two attached hydrogens (primary N) is 2. The van der Waals surface area contributed by atoms with Crippen LogP contribution in [0.25, 0.3) is 39.5 Å². The lowest BCUT2D eigenvalue weighted by atomic mass is 10.1. The molecule has 0 unspecified atom stereocenters. The van der Waals surface area contributed by atoms with Gasteiger partial charge in [-0.25, -0.2) is 15.0 Å². The van der Waals surface area contributed by atoms with Gasteiger partial charge in [-0.15, -0.1) is 0 Å². The summed E-state index contributed by atoms with van der Waals surface area (Å²) in [7, 11) is 0. The van der Waals surface area contributed by atoms with Gasteiger partial charge in [0.1, 0.15) is 11.3 Å². The number of aromatic nitrogens is 4. The van der Waals surface area contributed by atoms with Gasteiger partial charge in [-0.3, -0.25) is 4.57 Å². The van der Waals surface area contributed by atoms with Gasteiger partial charge in [0.25, 0.3) is 0 Å². The third-order valence-electron chi connectivity index (χ3n) is 6.53. The zero-order valence-electron chi connectivity index (χ0n) is 19.8. The average molecular weight is 478 g/mol. The summed E-state index contributed by atoms with van der Waals surface area (Å²) < 4.78 is 7.56. The van der Waals surface area contributed by atoms with E-state index in [0.717, 1.165) is 65.5 Å². The predicted molar refractivity (Wildman–Crippen MR) is 143 cm³/mol. The lowest BCUT2D eigenvalue weighted by Crippen LogP contribution is -2.36. The molecule has 4 heterocycles. The highest BCUT2D eigenvalue weighted by Gasteiger charge is 2.19. The van der Waals surface area contributed by atoms with Gasteiger partial charge < -0.3 is 21.1 Å². The maximum atomic E-state index is 6.26. The first-order valence-electron chi connectivity index (χ1n) is 12.0. The summed E-state index contributed by atoms with van der Waals surface area (Å²) in [6.07, 6.45) is 1.68. The Morgan fingerprint density at radius 3 is 2.47 bits per heavy atom. The van der Waals surface area contributed by atoms with Crippen LogP contribution in [-0.4, -0.2) is 45.8 Å². The van der Waals surface area contributed by atoms with E-state index in [1.165, 1.54) is 5.69 Å². The smallest absolute Gasteiger partial charge is 0.165 e. The molecule has 8 nitrogen and oxygen atoms in total. The van der Waals surface area contributed by atoms with Crippen molar-refractivity contribution in [3.8, 4) is 28.3 Å². The molecular weight excluding hydrogens is 450 g/mol. The van der Waals surface area contributed by atoms with E-state index in [2.05, 4.69) is 34.1 Å². The van der Waals surface area contributed by atoms with E-state index < -0.39 is 0 Å². The maximum Gasteiger partial charge on any atom is 0.165 e. The van der Waals surface area contributed by atoms with Crippen LogP contribution in [0.5, 0.6) is 0 Å². The number of imidazole rings is 1. The molecule has 3 aromatic heterocycles. The van der Waals surface area contributed by atoms with Gasteiger partial charge in [0.2, 0.25) is 0 Å². The number of hydrogen-bond donors (Lipinski definition) is 2. The van der Waals surface area contributed by atoms with E-state index in [-0.39, 0.29) is 0 Å². The summed E-state index contributed by atoms with van der Waals surface area (Å²) in [6.45, 7) is 3.75. The Bertz CT molecular complexity index is 1520. The standard InChI is InChI=1S/C28H27N7O/c29-18-19-6-8-21(9-7-19)35-27(23-5-2-12-31-26(23)30)33-25-11-10-24(32-28(25)35)20-3-1-4-22(17-20)34-13-15-36-16-14-34/h1-12,17H,13-16,18,29H2,(H2,30,31). The van der Waals surface area contributed by atoms with Crippen molar-refractivity contribution in [1.82, 2.24) is 19.5 Å². The number of nitrogens with zero attached hydrogens (tertiary/aromatic N) is 5. The molecule has 1 aliphatic heterocycles. The minimum Gasteiger partial charge on any atom is -0.383 e. The number of rotatable bonds is 5.